The van der Waals surface area contributed by atoms with Gasteiger partial charge < -0.3 is 19.0 Å². The predicted octanol–water partition coefficient (Wildman–Crippen LogP) is 5.55. The second kappa shape index (κ2) is 8.90. The number of fused-ring (bicyclic) bond motifs is 1. The van der Waals surface area contributed by atoms with Crippen LogP contribution in [0.5, 0.6) is 5.75 Å². The number of amidine groups is 1. The summed E-state index contributed by atoms with van der Waals surface area (Å²) in [6.07, 6.45) is 7.71. The number of ether oxygens (including phenoxy) is 1. The zero-order valence-electron chi connectivity index (χ0n) is 18.5. The number of aryl methyl sites for hydroxylation is 1. The van der Waals surface area contributed by atoms with Crippen LogP contribution in [0.2, 0.25) is 5.02 Å². The Hall–Kier alpha value is -3.32. The number of benzene rings is 2. The molecule has 3 aromatic rings. The summed E-state index contributed by atoms with van der Waals surface area (Å²) in [5.41, 5.74) is 4.78. The van der Waals surface area contributed by atoms with E-state index in [2.05, 4.69) is 27.2 Å². The number of halogens is 2. The van der Waals surface area contributed by atoms with Crippen LogP contribution in [0.3, 0.4) is 0 Å². The van der Waals surface area contributed by atoms with E-state index in [1.54, 1.807) is 19.5 Å². The third-order valence-electron chi connectivity index (χ3n) is 6.03. The van der Waals surface area contributed by atoms with Crippen LogP contribution in [0.4, 0.5) is 4.39 Å². The average Bonchev–Trinajstić information content (AvgIpc) is 3.26. The number of piperidine rings is 1. The monoisotopic (exact) mass is 466 g/mol. The molecule has 0 spiro atoms. The Morgan fingerprint density at radius 3 is 2.88 bits per heavy atom. The van der Waals surface area contributed by atoms with Gasteiger partial charge in [-0.3, -0.25) is 0 Å². The highest BCUT2D eigenvalue weighted by atomic mass is 35.5. The number of oxime groups is 1. The Balaban J connectivity index is 1.45. The van der Waals surface area contributed by atoms with Crippen molar-refractivity contribution in [3.8, 4) is 11.4 Å². The minimum atomic E-state index is -0.425. The molecule has 2 aliphatic heterocycles. The van der Waals surface area contributed by atoms with Crippen LogP contribution in [-0.4, -0.2) is 40.5 Å². The van der Waals surface area contributed by atoms with Crippen molar-refractivity contribution < 1.29 is 14.0 Å². The van der Waals surface area contributed by atoms with Crippen molar-refractivity contribution in [2.45, 2.75) is 25.8 Å². The van der Waals surface area contributed by atoms with Crippen molar-refractivity contribution in [3.63, 3.8) is 0 Å². The molecular weight excluding hydrogens is 443 g/mol. The minimum absolute atomic E-state index is 0.116. The molecule has 1 atom stereocenters. The van der Waals surface area contributed by atoms with E-state index in [1.807, 2.05) is 35.9 Å². The van der Waals surface area contributed by atoms with Gasteiger partial charge in [-0.2, -0.15) is 0 Å². The molecule has 0 aliphatic carbocycles. The summed E-state index contributed by atoms with van der Waals surface area (Å²) >= 11 is 5.88. The zero-order valence-corrected chi connectivity index (χ0v) is 19.2. The molecule has 3 heterocycles. The summed E-state index contributed by atoms with van der Waals surface area (Å²) in [4.78, 5) is 12.1. The Labute approximate surface area is 196 Å². The highest BCUT2D eigenvalue weighted by Crippen LogP contribution is 2.34. The van der Waals surface area contributed by atoms with Gasteiger partial charge >= 0.3 is 0 Å². The molecule has 1 saturated heterocycles. The maximum absolute atomic E-state index is 14.1. The van der Waals surface area contributed by atoms with Gasteiger partial charge in [0.15, 0.2) is 5.84 Å². The first kappa shape index (κ1) is 21.5. The third kappa shape index (κ3) is 4.20. The average molecular weight is 467 g/mol. The Morgan fingerprint density at radius 2 is 2.12 bits per heavy atom. The van der Waals surface area contributed by atoms with Gasteiger partial charge in [-0.25, -0.2) is 9.37 Å². The third-order valence-corrected chi connectivity index (χ3v) is 6.33. The van der Waals surface area contributed by atoms with Crippen LogP contribution in [0.1, 0.15) is 35.7 Å². The number of methoxy groups -OCH3 is 1. The predicted molar refractivity (Wildman–Crippen MR) is 126 cm³/mol. The van der Waals surface area contributed by atoms with Gasteiger partial charge in [0.2, 0.25) is 0 Å². The molecule has 1 aromatic heterocycles. The minimum Gasteiger partial charge on any atom is -0.495 e. The van der Waals surface area contributed by atoms with Crippen LogP contribution < -0.4 is 4.74 Å². The van der Waals surface area contributed by atoms with Gasteiger partial charge in [0.1, 0.15) is 18.2 Å². The zero-order chi connectivity index (χ0) is 22.9. The van der Waals surface area contributed by atoms with E-state index in [-0.39, 0.29) is 11.1 Å². The lowest BCUT2D eigenvalue weighted by molar-refractivity contribution is 0.0574. The molecular formula is C25H24ClFN4O2. The molecule has 8 heteroatoms. The van der Waals surface area contributed by atoms with Gasteiger partial charge in [0.25, 0.3) is 0 Å². The van der Waals surface area contributed by atoms with Crippen molar-refractivity contribution in [1.29, 1.82) is 0 Å². The van der Waals surface area contributed by atoms with E-state index in [1.165, 1.54) is 6.07 Å². The Kier molecular flexibility index (Phi) is 5.81. The summed E-state index contributed by atoms with van der Waals surface area (Å²) in [6.45, 7) is 3.15. The Morgan fingerprint density at radius 1 is 1.24 bits per heavy atom. The van der Waals surface area contributed by atoms with E-state index in [4.69, 9.17) is 21.2 Å². The van der Waals surface area contributed by atoms with E-state index >= 15 is 0 Å². The number of hydrogen-bond donors (Lipinski definition) is 0. The molecule has 6 nitrogen and oxygen atoms in total. The first-order valence-corrected chi connectivity index (χ1v) is 11.2. The maximum atomic E-state index is 14.1. The van der Waals surface area contributed by atoms with Gasteiger partial charge in [-0.15, -0.1) is 0 Å². The SMILES string of the molecule is COc1cc(/C=C2\CCCN3C2=NOCC3c2ccc(Cl)c(F)c2)ccc1-n1cnc(C)c1. The first-order chi connectivity index (χ1) is 16.0. The summed E-state index contributed by atoms with van der Waals surface area (Å²) in [7, 11) is 1.66. The molecule has 0 radical (unpaired) electrons. The highest BCUT2D eigenvalue weighted by Gasteiger charge is 2.33. The molecule has 0 saturated carbocycles. The van der Waals surface area contributed by atoms with E-state index in [0.29, 0.717) is 6.61 Å². The summed E-state index contributed by atoms with van der Waals surface area (Å²) < 4.78 is 21.7. The molecule has 5 rings (SSSR count). The van der Waals surface area contributed by atoms with E-state index < -0.39 is 5.82 Å². The fraction of sp³-hybridized carbons (Fsp3) is 0.280. The topological polar surface area (TPSA) is 51.9 Å². The lowest BCUT2D eigenvalue weighted by Crippen LogP contribution is -2.44. The number of aromatic nitrogens is 2. The van der Waals surface area contributed by atoms with E-state index in [0.717, 1.165) is 59.1 Å². The molecule has 170 valence electrons. The standard InChI is InChI=1S/C25H24ClFN4O2/c1-16-13-30(15-28-16)22-8-5-17(11-24(22)32-2)10-19-4-3-9-31-23(14-33-29-25(19)31)18-6-7-20(26)21(27)12-18/h5-8,10-13,15,23H,3-4,9,14H2,1-2H3/b19-10+. The van der Waals surface area contributed by atoms with Crippen molar-refractivity contribution in [3.05, 3.63) is 82.2 Å². The molecule has 2 aromatic carbocycles. The smallest absolute Gasteiger partial charge is 0.172 e. The maximum Gasteiger partial charge on any atom is 0.172 e. The van der Waals surface area contributed by atoms with Crippen LogP contribution >= 0.6 is 11.6 Å². The number of rotatable bonds is 4. The van der Waals surface area contributed by atoms with Crippen LogP contribution in [0, 0.1) is 12.7 Å². The quantitative estimate of drug-likeness (QED) is 0.506. The second-order valence-corrected chi connectivity index (χ2v) is 8.63. The van der Waals surface area contributed by atoms with E-state index in [9.17, 15) is 4.39 Å². The van der Waals surface area contributed by atoms with Crippen molar-refractivity contribution in [2.75, 3.05) is 20.3 Å². The van der Waals surface area contributed by atoms with Gasteiger partial charge in [0, 0.05) is 12.7 Å². The van der Waals surface area contributed by atoms with Crippen molar-refractivity contribution in [1.82, 2.24) is 14.5 Å². The first-order valence-electron chi connectivity index (χ1n) is 10.8. The largest absolute Gasteiger partial charge is 0.495 e. The van der Waals surface area contributed by atoms with Crippen molar-refractivity contribution >= 4 is 23.5 Å². The molecule has 0 bridgehead atoms. The summed E-state index contributed by atoms with van der Waals surface area (Å²) in [5, 5.41) is 4.48. The summed E-state index contributed by atoms with van der Waals surface area (Å²) in [6, 6.07) is 10.9. The lowest BCUT2D eigenvalue weighted by atomic mass is 9.96. The van der Waals surface area contributed by atoms with Crippen LogP contribution in [-0.2, 0) is 4.84 Å². The molecule has 1 unspecified atom stereocenters. The number of hydrogen-bond acceptors (Lipinski definition) is 5. The molecule has 2 aliphatic rings. The fourth-order valence-electron chi connectivity index (χ4n) is 4.40. The Bertz CT molecular complexity index is 1250. The summed E-state index contributed by atoms with van der Waals surface area (Å²) in [5.74, 6) is 1.12. The molecule has 1 fully saturated rings. The normalized spacial score (nSPS) is 19.2. The molecule has 0 amide bonds. The van der Waals surface area contributed by atoms with Crippen LogP contribution in [0.15, 0.2) is 59.7 Å². The highest BCUT2D eigenvalue weighted by molar-refractivity contribution is 6.30. The number of nitrogens with zero attached hydrogens (tertiary/aromatic N) is 4. The second-order valence-electron chi connectivity index (χ2n) is 8.22. The van der Waals surface area contributed by atoms with Crippen molar-refractivity contribution in [2.24, 2.45) is 5.16 Å². The molecule has 33 heavy (non-hydrogen) atoms. The van der Waals surface area contributed by atoms with Gasteiger partial charge in [-0.05, 0) is 66.8 Å². The lowest BCUT2D eigenvalue weighted by Gasteiger charge is -2.40. The van der Waals surface area contributed by atoms with Gasteiger partial charge in [-0.1, -0.05) is 28.9 Å². The molecule has 0 N–H and O–H groups in total. The van der Waals surface area contributed by atoms with Crippen LogP contribution in [0.25, 0.3) is 11.8 Å². The van der Waals surface area contributed by atoms with Gasteiger partial charge in [0.05, 0.1) is 35.9 Å². The fourth-order valence-corrected chi connectivity index (χ4v) is 4.52. The number of imidazole rings is 1.